The Bertz CT molecular complexity index is 342. The summed E-state index contributed by atoms with van der Waals surface area (Å²) in [5.41, 5.74) is -0.312. The van der Waals surface area contributed by atoms with E-state index in [0.29, 0.717) is 12.5 Å². The van der Waals surface area contributed by atoms with Gasteiger partial charge in [-0.2, -0.15) is 0 Å². The van der Waals surface area contributed by atoms with Gasteiger partial charge < -0.3 is 19.7 Å². The summed E-state index contributed by atoms with van der Waals surface area (Å²) >= 11 is 0. The molecule has 2 aliphatic heterocycles. The van der Waals surface area contributed by atoms with Crippen molar-refractivity contribution < 1.29 is 14.3 Å². The Labute approximate surface area is 158 Å². The maximum Gasteiger partial charge on any atom is 0.231 e. The molecule has 1 N–H and O–H groups in total. The molecule has 2 aliphatic rings. The van der Waals surface area contributed by atoms with Gasteiger partial charge in [-0.05, 0) is 32.9 Å². The minimum Gasteiger partial charge on any atom is -0.384 e. The van der Waals surface area contributed by atoms with E-state index in [1.165, 1.54) is 0 Å². The number of rotatable bonds is 7. The number of halogens is 2. The number of methoxy groups -OCH3 is 1. The Morgan fingerprint density at radius 3 is 2.29 bits per heavy atom. The van der Waals surface area contributed by atoms with Gasteiger partial charge in [0.2, 0.25) is 5.91 Å². The fraction of sp³-hybridized carbons (Fsp3) is 0.938. The van der Waals surface area contributed by atoms with Crippen LogP contribution in [-0.2, 0) is 14.3 Å². The molecule has 0 aromatic heterocycles. The van der Waals surface area contributed by atoms with Crippen molar-refractivity contribution in [2.24, 2.45) is 5.41 Å². The molecule has 2 heterocycles. The lowest BCUT2D eigenvalue weighted by atomic mass is 9.78. The van der Waals surface area contributed by atoms with E-state index in [0.717, 1.165) is 71.9 Å². The van der Waals surface area contributed by atoms with Crippen LogP contribution < -0.4 is 5.32 Å². The zero-order valence-electron chi connectivity index (χ0n) is 14.9. The average Bonchev–Trinajstić information content (AvgIpc) is 2.56. The second-order valence-electron chi connectivity index (χ2n) is 6.29. The van der Waals surface area contributed by atoms with E-state index in [-0.39, 0.29) is 30.2 Å². The van der Waals surface area contributed by atoms with Gasteiger partial charge >= 0.3 is 0 Å². The molecule has 0 unspecified atom stereocenters. The number of piperidine rings is 1. The summed E-state index contributed by atoms with van der Waals surface area (Å²) in [5, 5.41) is 3.34. The molecule has 0 aliphatic carbocycles. The van der Waals surface area contributed by atoms with Crippen molar-refractivity contribution in [3.8, 4) is 0 Å². The van der Waals surface area contributed by atoms with Gasteiger partial charge in [-0.25, -0.2) is 0 Å². The van der Waals surface area contributed by atoms with E-state index in [4.69, 9.17) is 9.47 Å². The lowest BCUT2D eigenvalue weighted by Crippen LogP contribution is -2.56. The van der Waals surface area contributed by atoms with E-state index in [1.807, 2.05) is 11.8 Å². The molecule has 1 amide bonds. The number of hydrogen-bond donors (Lipinski definition) is 1. The molecule has 2 saturated heterocycles. The van der Waals surface area contributed by atoms with E-state index in [2.05, 4.69) is 10.2 Å². The maximum absolute atomic E-state index is 13.0. The minimum absolute atomic E-state index is 0. The van der Waals surface area contributed by atoms with E-state index >= 15 is 0 Å². The summed E-state index contributed by atoms with van der Waals surface area (Å²) in [6.45, 7) is 10.4. The molecule has 0 radical (unpaired) electrons. The normalized spacial score (nSPS) is 20.8. The van der Waals surface area contributed by atoms with Crippen LogP contribution in [0.4, 0.5) is 0 Å². The van der Waals surface area contributed by atoms with Crippen LogP contribution in [0.5, 0.6) is 0 Å². The summed E-state index contributed by atoms with van der Waals surface area (Å²) in [6.07, 6.45) is 1.76. The monoisotopic (exact) mass is 385 g/mol. The Morgan fingerprint density at radius 1 is 1.12 bits per heavy atom. The molecule has 2 fully saturated rings. The minimum atomic E-state index is -0.312. The number of carbonyl (C=O) groups excluding carboxylic acids is 1. The predicted octanol–water partition coefficient (Wildman–Crippen LogP) is 1.03. The van der Waals surface area contributed by atoms with Crippen molar-refractivity contribution in [3.63, 3.8) is 0 Å². The molecule has 0 spiro atoms. The topological polar surface area (TPSA) is 54.0 Å². The van der Waals surface area contributed by atoms with Crippen LogP contribution in [0.1, 0.15) is 19.8 Å². The second-order valence-corrected chi connectivity index (χ2v) is 6.29. The molecule has 0 aromatic rings. The SMILES string of the molecule is CCOCCN1CCN(C(=O)C2(COC)CCNCC2)CC1.Cl.Cl. The third-order valence-corrected chi connectivity index (χ3v) is 4.85. The Hall–Kier alpha value is -0.110. The van der Waals surface area contributed by atoms with Crippen LogP contribution >= 0.6 is 24.8 Å². The molecule has 144 valence electrons. The van der Waals surface area contributed by atoms with Gasteiger partial charge in [0.1, 0.15) is 0 Å². The van der Waals surface area contributed by atoms with Crippen molar-refractivity contribution in [2.75, 3.05) is 72.7 Å². The zero-order chi connectivity index (χ0) is 15.8. The van der Waals surface area contributed by atoms with Crippen molar-refractivity contribution in [3.05, 3.63) is 0 Å². The van der Waals surface area contributed by atoms with Crippen molar-refractivity contribution in [2.45, 2.75) is 19.8 Å². The summed E-state index contributed by atoms with van der Waals surface area (Å²) in [7, 11) is 1.70. The standard InChI is InChI=1S/C16H31N3O3.2ClH/c1-3-22-13-12-18-8-10-19(11-9-18)15(20)16(14-21-2)4-6-17-7-5-16;;/h17H,3-14H2,1-2H3;2*1H. The molecule has 0 atom stereocenters. The van der Waals surface area contributed by atoms with Gasteiger partial charge in [-0.1, -0.05) is 0 Å². The highest BCUT2D eigenvalue weighted by Gasteiger charge is 2.42. The molecular weight excluding hydrogens is 353 g/mol. The Morgan fingerprint density at radius 2 is 1.75 bits per heavy atom. The van der Waals surface area contributed by atoms with Crippen LogP contribution in [0.15, 0.2) is 0 Å². The maximum atomic E-state index is 13.0. The first kappa shape index (κ1) is 23.9. The lowest BCUT2D eigenvalue weighted by Gasteiger charge is -2.42. The van der Waals surface area contributed by atoms with Crippen LogP contribution in [0.2, 0.25) is 0 Å². The fourth-order valence-electron chi connectivity index (χ4n) is 3.45. The molecule has 0 bridgehead atoms. The van der Waals surface area contributed by atoms with E-state index < -0.39 is 0 Å². The number of hydrogen-bond acceptors (Lipinski definition) is 5. The van der Waals surface area contributed by atoms with Crippen LogP contribution in [0.3, 0.4) is 0 Å². The number of piperazine rings is 1. The van der Waals surface area contributed by atoms with Crippen LogP contribution in [-0.4, -0.2) is 88.5 Å². The number of nitrogens with one attached hydrogen (secondary N) is 1. The summed E-state index contributed by atoms with van der Waals surface area (Å²) in [4.78, 5) is 17.4. The quantitative estimate of drug-likeness (QED) is 0.663. The number of nitrogens with zero attached hydrogens (tertiary/aromatic N) is 2. The van der Waals surface area contributed by atoms with Gasteiger partial charge in [-0.3, -0.25) is 9.69 Å². The van der Waals surface area contributed by atoms with Crippen LogP contribution in [0.25, 0.3) is 0 Å². The zero-order valence-corrected chi connectivity index (χ0v) is 16.6. The molecule has 8 heteroatoms. The lowest BCUT2D eigenvalue weighted by molar-refractivity contribution is -0.149. The van der Waals surface area contributed by atoms with Gasteiger partial charge in [0, 0.05) is 46.4 Å². The van der Waals surface area contributed by atoms with Crippen molar-refractivity contribution >= 4 is 30.7 Å². The Balaban J connectivity index is 0.00000264. The third-order valence-electron chi connectivity index (χ3n) is 4.85. The molecule has 6 nitrogen and oxygen atoms in total. The van der Waals surface area contributed by atoms with Crippen molar-refractivity contribution in [1.29, 1.82) is 0 Å². The molecule has 0 saturated carbocycles. The first-order valence-electron chi connectivity index (χ1n) is 8.51. The fourth-order valence-corrected chi connectivity index (χ4v) is 3.45. The number of amides is 1. The van der Waals surface area contributed by atoms with Gasteiger partial charge in [0.25, 0.3) is 0 Å². The largest absolute Gasteiger partial charge is 0.384 e. The highest BCUT2D eigenvalue weighted by atomic mass is 35.5. The first-order valence-corrected chi connectivity index (χ1v) is 8.51. The Kier molecular flexibility index (Phi) is 12.2. The molecule has 24 heavy (non-hydrogen) atoms. The average molecular weight is 386 g/mol. The molecule has 2 rings (SSSR count). The number of ether oxygens (including phenoxy) is 2. The van der Waals surface area contributed by atoms with Crippen LogP contribution in [0, 0.1) is 5.41 Å². The van der Waals surface area contributed by atoms with Crippen molar-refractivity contribution in [1.82, 2.24) is 15.1 Å². The first-order chi connectivity index (χ1) is 10.7. The highest BCUT2D eigenvalue weighted by molar-refractivity contribution is 5.85. The van der Waals surface area contributed by atoms with Gasteiger partial charge in [0.15, 0.2) is 0 Å². The second kappa shape index (κ2) is 12.3. The van der Waals surface area contributed by atoms with E-state index in [1.54, 1.807) is 7.11 Å². The summed E-state index contributed by atoms with van der Waals surface area (Å²) in [5.74, 6) is 0.292. The molecule has 0 aromatic carbocycles. The summed E-state index contributed by atoms with van der Waals surface area (Å²) < 4.78 is 10.8. The predicted molar refractivity (Wildman–Crippen MR) is 100 cm³/mol. The molecular formula is C16H33Cl2N3O3. The highest BCUT2D eigenvalue weighted by Crippen LogP contribution is 2.32. The van der Waals surface area contributed by atoms with Gasteiger partial charge in [-0.15, -0.1) is 24.8 Å². The van der Waals surface area contributed by atoms with Gasteiger partial charge in [0.05, 0.1) is 18.6 Å². The number of carbonyl (C=O) groups is 1. The third kappa shape index (κ3) is 6.32. The smallest absolute Gasteiger partial charge is 0.231 e. The van der Waals surface area contributed by atoms with E-state index in [9.17, 15) is 4.79 Å². The summed E-state index contributed by atoms with van der Waals surface area (Å²) in [6, 6.07) is 0.